The van der Waals surface area contributed by atoms with Gasteiger partial charge in [-0.2, -0.15) is 0 Å². The molecular weight excluding hydrogens is 340 g/mol. The Kier molecular flexibility index (Phi) is 6.15. The number of pyridine rings is 1. The van der Waals surface area contributed by atoms with Crippen molar-refractivity contribution in [2.24, 2.45) is 5.41 Å². The van der Waals surface area contributed by atoms with E-state index in [-0.39, 0.29) is 23.3 Å². The maximum absolute atomic E-state index is 12.6. The third kappa shape index (κ3) is 4.67. The van der Waals surface area contributed by atoms with Gasteiger partial charge in [-0.1, -0.05) is 0 Å². The second-order valence-electron chi connectivity index (χ2n) is 8.39. The molecule has 0 bridgehead atoms. The lowest BCUT2D eigenvalue weighted by Gasteiger charge is -2.48. The number of likely N-dealkylation sites (tertiary alicyclic amines) is 2. The zero-order valence-electron chi connectivity index (χ0n) is 16.9. The van der Waals surface area contributed by atoms with Gasteiger partial charge >= 0.3 is 0 Å². The Labute approximate surface area is 162 Å². The molecule has 0 radical (unpaired) electrons. The first-order chi connectivity index (χ1) is 12.9. The van der Waals surface area contributed by atoms with Crippen LogP contribution in [0.5, 0.6) is 0 Å². The van der Waals surface area contributed by atoms with Crippen molar-refractivity contribution >= 4 is 11.8 Å². The summed E-state index contributed by atoms with van der Waals surface area (Å²) in [5.41, 5.74) is 1.40. The van der Waals surface area contributed by atoms with Gasteiger partial charge < -0.3 is 9.80 Å². The van der Waals surface area contributed by atoms with Crippen LogP contribution in [-0.2, 0) is 16.0 Å². The molecule has 2 amide bonds. The van der Waals surface area contributed by atoms with Crippen molar-refractivity contribution in [1.29, 1.82) is 0 Å². The van der Waals surface area contributed by atoms with Gasteiger partial charge in [-0.15, -0.1) is 0 Å². The van der Waals surface area contributed by atoms with E-state index in [9.17, 15) is 9.59 Å². The Balaban J connectivity index is 1.56. The molecule has 6 nitrogen and oxygen atoms in total. The number of aromatic nitrogens is 1. The normalized spacial score (nSPS) is 21.0. The largest absolute Gasteiger partial charge is 0.342 e. The van der Waals surface area contributed by atoms with Crippen LogP contribution >= 0.6 is 0 Å². The molecule has 3 heterocycles. The molecule has 27 heavy (non-hydrogen) atoms. The molecule has 0 N–H and O–H groups in total. The molecule has 2 saturated heterocycles. The minimum atomic E-state index is -0.0798. The molecule has 6 heteroatoms. The molecule has 1 atom stereocenters. The monoisotopic (exact) mass is 372 g/mol. The third-order valence-corrected chi connectivity index (χ3v) is 6.44. The Morgan fingerprint density at radius 3 is 2.52 bits per heavy atom. The lowest BCUT2D eigenvalue weighted by Crippen LogP contribution is -2.54. The van der Waals surface area contributed by atoms with Gasteiger partial charge in [-0.25, -0.2) is 0 Å². The van der Waals surface area contributed by atoms with Crippen molar-refractivity contribution in [2.75, 3.05) is 40.3 Å². The number of likely N-dealkylation sites (N-methyl/N-ethyl adjacent to an activating group) is 1. The van der Waals surface area contributed by atoms with Gasteiger partial charge in [0.05, 0.1) is 6.04 Å². The molecule has 2 fully saturated rings. The van der Waals surface area contributed by atoms with Crippen LogP contribution in [0.1, 0.15) is 38.2 Å². The molecule has 1 aromatic rings. The number of carbonyl (C=O) groups is 2. The van der Waals surface area contributed by atoms with Gasteiger partial charge in [0, 0.05) is 45.0 Å². The summed E-state index contributed by atoms with van der Waals surface area (Å²) in [7, 11) is 3.89. The smallest absolute Gasteiger partial charge is 0.239 e. The minimum Gasteiger partial charge on any atom is -0.342 e. The van der Waals surface area contributed by atoms with Crippen molar-refractivity contribution < 1.29 is 9.59 Å². The Morgan fingerprint density at radius 2 is 1.89 bits per heavy atom. The summed E-state index contributed by atoms with van der Waals surface area (Å²) in [5.74, 6) is 0.491. The zero-order chi connectivity index (χ0) is 19.4. The molecule has 2 aliphatic heterocycles. The van der Waals surface area contributed by atoms with Crippen LogP contribution in [0.2, 0.25) is 0 Å². The highest BCUT2D eigenvalue weighted by Crippen LogP contribution is 2.40. The van der Waals surface area contributed by atoms with E-state index in [1.807, 2.05) is 47.9 Å². The number of hydrogen-bond donors (Lipinski definition) is 0. The predicted octanol–water partition coefficient (Wildman–Crippen LogP) is 1.81. The molecule has 1 aromatic heterocycles. The summed E-state index contributed by atoms with van der Waals surface area (Å²) >= 11 is 0. The first-order valence-electron chi connectivity index (χ1n) is 10.0. The quantitative estimate of drug-likeness (QED) is 0.791. The standard InChI is InChI=1S/C21H32N4O2/c1-17(23(2)3)20(27)24-14-9-21(10-15-24)8-4-19(26)25(16-21)13-7-18-5-11-22-12-6-18/h5-6,11-12,17H,4,7-10,13-16H2,1-3H3/t17-/m0/s1. The summed E-state index contributed by atoms with van der Waals surface area (Å²) in [6, 6.07) is 3.95. The molecule has 2 aliphatic rings. The second kappa shape index (κ2) is 8.38. The van der Waals surface area contributed by atoms with Crippen LogP contribution in [0.3, 0.4) is 0 Å². The van der Waals surface area contributed by atoms with Crippen molar-refractivity contribution in [3.63, 3.8) is 0 Å². The van der Waals surface area contributed by atoms with Crippen molar-refractivity contribution in [2.45, 2.75) is 45.1 Å². The fourth-order valence-electron chi connectivity index (χ4n) is 4.21. The molecule has 0 saturated carbocycles. The molecular formula is C21H32N4O2. The summed E-state index contributed by atoms with van der Waals surface area (Å²) in [5, 5.41) is 0. The van der Waals surface area contributed by atoms with Crippen LogP contribution in [-0.4, -0.2) is 77.8 Å². The number of rotatable bonds is 5. The summed E-state index contributed by atoms with van der Waals surface area (Å²) < 4.78 is 0. The topological polar surface area (TPSA) is 56.8 Å². The summed E-state index contributed by atoms with van der Waals surface area (Å²) in [6.07, 6.45) is 8.07. The number of amides is 2. The fraction of sp³-hybridized carbons (Fsp3) is 0.667. The highest BCUT2D eigenvalue weighted by atomic mass is 16.2. The third-order valence-electron chi connectivity index (χ3n) is 6.44. The Hall–Kier alpha value is -1.95. The maximum Gasteiger partial charge on any atom is 0.239 e. The molecule has 0 aromatic carbocycles. The molecule has 3 rings (SSSR count). The van der Waals surface area contributed by atoms with E-state index in [1.54, 1.807) is 12.4 Å². The van der Waals surface area contributed by atoms with E-state index >= 15 is 0 Å². The van der Waals surface area contributed by atoms with E-state index in [2.05, 4.69) is 4.98 Å². The summed E-state index contributed by atoms with van der Waals surface area (Å²) in [6.45, 7) is 5.19. The second-order valence-corrected chi connectivity index (χ2v) is 8.39. The van der Waals surface area contributed by atoms with Gasteiger partial charge in [0.15, 0.2) is 0 Å². The van der Waals surface area contributed by atoms with Gasteiger partial charge in [0.2, 0.25) is 11.8 Å². The van der Waals surface area contributed by atoms with Crippen molar-refractivity contribution in [1.82, 2.24) is 19.7 Å². The van der Waals surface area contributed by atoms with E-state index < -0.39 is 0 Å². The first-order valence-corrected chi connectivity index (χ1v) is 10.0. The fourth-order valence-corrected chi connectivity index (χ4v) is 4.21. The molecule has 0 unspecified atom stereocenters. The maximum atomic E-state index is 12.6. The average Bonchev–Trinajstić information content (AvgIpc) is 2.69. The van der Waals surface area contributed by atoms with Gasteiger partial charge in [0.25, 0.3) is 0 Å². The van der Waals surface area contributed by atoms with Crippen molar-refractivity contribution in [3.8, 4) is 0 Å². The highest BCUT2D eigenvalue weighted by Gasteiger charge is 2.42. The first kappa shape index (κ1) is 19.8. The Morgan fingerprint density at radius 1 is 1.22 bits per heavy atom. The predicted molar refractivity (Wildman–Crippen MR) is 105 cm³/mol. The number of nitrogens with zero attached hydrogens (tertiary/aromatic N) is 4. The highest BCUT2D eigenvalue weighted by molar-refractivity contribution is 5.81. The van der Waals surface area contributed by atoms with Crippen molar-refractivity contribution in [3.05, 3.63) is 30.1 Å². The molecule has 148 valence electrons. The van der Waals surface area contributed by atoms with Gasteiger partial charge in [-0.05, 0) is 69.8 Å². The number of carbonyl (C=O) groups excluding carboxylic acids is 2. The van der Waals surface area contributed by atoms with Gasteiger partial charge in [-0.3, -0.25) is 19.5 Å². The summed E-state index contributed by atoms with van der Waals surface area (Å²) in [4.78, 5) is 35.1. The SMILES string of the molecule is C[C@@H](C(=O)N1CCC2(CCC(=O)N(CCc3ccncc3)C2)CC1)N(C)C. The zero-order valence-corrected chi connectivity index (χ0v) is 16.9. The van der Waals surface area contributed by atoms with E-state index in [4.69, 9.17) is 0 Å². The van der Waals surface area contributed by atoms with E-state index in [1.165, 1.54) is 5.56 Å². The average molecular weight is 373 g/mol. The number of piperidine rings is 2. The van der Waals surface area contributed by atoms with Crippen LogP contribution < -0.4 is 0 Å². The van der Waals surface area contributed by atoms with E-state index in [0.29, 0.717) is 6.42 Å². The number of hydrogen-bond acceptors (Lipinski definition) is 4. The minimum absolute atomic E-state index is 0.0798. The van der Waals surface area contributed by atoms with E-state index in [0.717, 1.165) is 51.9 Å². The molecule has 0 aliphatic carbocycles. The van der Waals surface area contributed by atoms with Crippen LogP contribution in [0.15, 0.2) is 24.5 Å². The van der Waals surface area contributed by atoms with Crippen LogP contribution in [0.4, 0.5) is 0 Å². The Bertz CT molecular complexity index is 653. The van der Waals surface area contributed by atoms with Gasteiger partial charge in [0.1, 0.15) is 0 Å². The molecule has 1 spiro atoms. The lowest BCUT2D eigenvalue weighted by atomic mass is 9.72. The lowest BCUT2D eigenvalue weighted by molar-refractivity contribution is -0.144. The van der Waals surface area contributed by atoms with Crippen LogP contribution in [0.25, 0.3) is 0 Å². The van der Waals surface area contributed by atoms with Crippen LogP contribution in [0, 0.1) is 5.41 Å².